The normalized spacial score (nSPS) is 24.8. The van der Waals surface area contributed by atoms with Crippen molar-refractivity contribution < 1.29 is 13.2 Å². The van der Waals surface area contributed by atoms with Crippen molar-refractivity contribution in [2.75, 3.05) is 31.1 Å². The monoisotopic (exact) mass is 352 g/mol. The van der Waals surface area contributed by atoms with E-state index in [4.69, 9.17) is 0 Å². The second kappa shape index (κ2) is 7.00. The summed E-state index contributed by atoms with van der Waals surface area (Å²) < 4.78 is 25.6. The molecule has 2 aliphatic rings. The van der Waals surface area contributed by atoms with Gasteiger partial charge in [-0.05, 0) is 52.3 Å². The van der Waals surface area contributed by atoms with Crippen LogP contribution in [0.15, 0.2) is 6.07 Å². The lowest BCUT2D eigenvalue weighted by Crippen LogP contribution is -2.31. The third kappa shape index (κ3) is 3.75. The number of hydrogen-bond acceptors (Lipinski definition) is 4. The van der Waals surface area contributed by atoms with E-state index in [1.807, 2.05) is 19.9 Å². The zero-order valence-electron chi connectivity index (χ0n) is 14.8. The Morgan fingerprint density at radius 2 is 1.83 bits per heavy atom. The van der Waals surface area contributed by atoms with Crippen molar-refractivity contribution >= 4 is 15.6 Å². The largest absolute Gasteiger partial charge is 0.344 e. The summed E-state index contributed by atoms with van der Waals surface area (Å²) in [4.78, 5) is 15.0. The Bertz CT molecular complexity index is 713. The highest BCUT2D eigenvalue weighted by Crippen LogP contribution is 2.29. The van der Waals surface area contributed by atoms with Crippen LogP contribution in [0.3, 0.4) is 0 Å². The van der Waals surface area contributed by atoms with Crippen LogP contribution in [-0.2, 0) is 9.84 Å². The van der Waals surface area contributed by atoms with Gasteiger partial charge >= 0.3 is 0 Å². The fourth-order valence-electron chi connectivity index (χ4n) is 4.18. The first-order valence-electron chi connectivity index (χ1n) is 9.02. The number of sulfone groups is 1. The van der Waals surface area contributed by atoms with E-state index in [0.717, 1.165) is 30.0 Å². The molecule has 0 aromatic carbocycles. The average Bonchev–Trinajstić information content (AvgIpc) is 2.88. The van der Waals surface area contributed by atoms with Gasteiger partial charge in [0.05, 0.1) is 18.1 Å². The van der Waals surface area contributed by atoms with Gasteiger partial charge in [-0.2, -0.15) is 0 Å². The van der Waals surface area contributed by atoms with Crippen molar-refractivity contribution in [2.45, 2.75) is 52.0 Å². The van der Waals surface area contributed by atoms with Crippen LogP contribution in [-0.4, -0.2) is 54.8 Å². The highest BCUT2D eigenvalue weighted by Gasteiger charge is 2.31. The van der Waals surface area contributed by atoms with E-state index < -0.39 is 9.84 Å². The van der Waals surface area contributed by atoms with Crippen LogP contribution < -0.4 is 0 Å². The molecule has 0 bridgehead atoms. The Morgan fingerprint density at radius 3 is 2.42 bits per heavy atom. The Hall–Kier alpha value is -1.14. The van der Waals surface area contributed by atoms with Gasteiger partial charge in [0.15, 0.2) is 15.6 Å². The molecule has 0 radical (unpaired) electrons. The molecule has 5 nitrogen and oxygen atoms in total. The van der Waals surface area contributed by atoms with Gasteiger partial charge in [-0.3, -0.25) is 9.69 Å². The molecule has 2 saturated heterocycles. The number of likely N-dealkylation sites (tertiary alicyclic amines) is 1. The van der Waals surface area contributed by atoms with Gasteiger partial charge in [0.25, 0.3) is 0 Å². The summed E-state index contributed by atoms with van der Waals surface area (Å²) in [5.74, 6) is 0.617. The summed E-state index contributed by atoms with van der Waals surface area (Å²) in [6, 6.07) is 1.93. The molecule has 24 heavy (non-hydrogen) atoms. The highest BCUT2D eigenvalue weighted by atomic mass is 32.2. The summed E-state index contributed by atoms with van der Waals surface area (Å²) in [5, 5.41) is 0. The molecule has 1 unspecified atom stereocenters. The third-order valence-electron chi connectivity index (χ3n) is 5.42. The molecule has 0 amide bonds. The molecule has 0 saturated carbocycles. The van der Waals surface area contributed by atoms with E-state index in [9.17, 15) is 13.2 Å². The number of hydrogen-bond donors (Lipinski definition) is 0. The van der Waals surface area contributed by atoms with E-state index in [1.165, 1.54) is 25.7 Å². The van der Waals surface area contributed by atoms with Crippen LogP contribution >= 0.6 is 0 Å². The van der Waals surface area contributed by atoms with Crippen LogP contribution in [0.4, 0.5) is 0 Å². The molecule has 0 aliphatic carbocycles. The summed E-state index contributed by atoms with van der Waals surface area (Å²) in [7, 11) is -2.93. The van der Waals surface area contributed by atoms with Gasteiger partial charge in [-0.15, -0.1) is 0 Å². The van der Waals surface area contributed by atoms with Crippen molar-refractivity contribution in [1.82, 2.24) is 9.47 Å². The van der Waals surface area contributed by atoms with Crippen molar-refractivity contribution in [3.05, 3.63) is 23.0 Å². The maximum atomic E-state index is 12.8. The number of rotatable bonds is 4. The molecule has 0 N–H and O–H groups in total. The number of aryl methyl sites for hydroxylation is 1. The van der Waals surface area contributed by atoms with Crippen LogP contribution in [0.2, 0.25) is 0 Å². The smallest absolute Gasteiger partial charge is 0.178 e. The molecule has 2 fully saturated rings. The molecule has 2 aliphatic heterocycles. The molecule has 0 spiro atoms. The standard InChI is InChI=1S/C18H28N2O3S/c1-14-11-17(18(21)12-19-8-5-3-4-6-9-19)15(2)20(14)16-7-10-24(22,23)13-16/h11,16H,3-10,12-13H2,1-2H3. The average molecular weight is 353 g/mol. The summed E-state index contributed by atoms with van der Waals surface area (Å²) >= 11 is 0. The Labute approximate surface area is 144 Å². The van der Waals surface area contributed by atoms with Gasteiger partial charge in [-0.1, -0.05) is 12.8 Å². The summed E-state index contributed by atoms with van der Waals surface area (Å²) in [6.07, 6.45) is 5.52. The van der Waals surface area contributed by atoms with Crippen molar-refractivity contribution in [3.8, 4) is 0 Å². The van der Waals surface area contributed by atoms with E-state index >= 15 is 0 Å². The number of Topliss-reactive ketones (excluding diaryl/α,β-unsaturated/α-hetero) is 1. The maximum absolute atomic E-state index is 12.8. The molecule has 1 aromatic heterocycles. The molecule has 3 rings (SSSR count). The molecule has 1 aromatic rings. The molecular formula is C18H28N2O3S. The van der Waals surface area contributed by atoms with Crippen LogP contribution in [0.25, 0.3) is 0 Å². The zero-order valence-corrected chi connectivity index (χ0v) is 15.6. The quantitative estimate of drug-likeness (QED) is 0.781. The van der Waals surface area contributed by atoms with E-state index in [1.54, 1.807) is 0 Å². The molecule has 3 heterocycles. The first-order valence-corrected chi connectivity index (χ1v) is 10.8. The second-order valence-corrected chi connectivity index (χ2v) is 9.55. The minimum absolute atomic E-state index is 0.0188. The first-order chi connectivity index (χ1) is 11.4. The number of ketones is 1. The number of nitrogens with zero attached hydrogens (tertiary/aromatic N) is 2. The molecule has 134 valence electrons. The Balaban J connectivity index is 1.77. The zero-order chi connectivity index (χ0) is 17.3. The predicted octanol–water partition coefficient (Wildman–Crippen LogP) is 2.52. The Kier molecular flexibility index (Phi) is 5.16. The van der Waals surface area contributed by atoms with Gasteiger partial charge in [-0.25, -0.2) is 8.42 Å². The van der Waals surface area contributed by atoms with E-state index in [0.29, 0.717) is 13.0 Å². The molecular weight excluding hydrogens is 324 g/mol. The van der Waals surface area contributed by atoms with Crippen molar-refractivity contribution in [3.63, 3.8) is 0 Å². The third-order valence-corrected chi connectivity index (χ3v) is 7.17. The SMILES string of the molecule is Cc1cc(C(=O)CN2CCCCCC2)c(C)n1C1CCS(=O)(=O)C1. The second-order valence-electron chi connectivity index (χ2n) is 7.33. The fraction of sp³-hybridized carbons (Fsp3) is 0.722. The van der Waals surface area contributed by atoms with E-state index in [-0.39, 0.29) is 23.3 Å². The lowest BCUT2D eigenvalue weighted by Gasteiger charge is -2.19. The summed E-state index contributed by atoms with van der Waals surface area (Å²) in [6.45, 7) is 6.41. The topological polar surface area (TPSA) is 59.4 Å². The van der Waals surface area contributed by atoms with Gasteiger partial charge < -0.3 is 4.57 Å². The van der Waals surface area contributed by atoms with Crippen LogP contribution in [0, 0.1) is 13.8 Å². The van der Waals surface area contributed by atoms with Crippen LogP contribution in [0.1, 0.15) is 59.9 Å². The molecule has 6 heteroatoms. The number of carbonyl (C=O) groups excluding carboxylic acids is 1. The first kappa shape index (κ1) is 17.7. The lowest BCUT2D eigenvalue weighted by molar-refractivity contribution is 0.0932. The Morgan fingerprint density at radius 1 is 1.17 bits per heavy atom. The van der Waals surface area contributed by atoms with Gasteiger partial charge in [0, 0.05) is 23.0 Å². The summed E-state index contributed by atoms with van der Waals surface area (Å²) in [5.41, 5.74) is 2.68. The van der Waals surface area contributed by atoms with Gasteiger partial charge in [0.1, 0.15) is 0 Å². The highest BCUT2D eigenvalue weighted by molar-refractivity contribution is 7.91. The minimum Gasteiger partial charge on any atom is -0.344 e. The lowest BCUT2D eigenvalue weighted by atomic mass is 10.1. The predicted molar refractivity (Wildman–Crippen MR) is 95.5 cm³/mol. The van der Waals surface area contributed by atoms with E-state index in [2.05, 4.69) is 9.47 Å². The fourth-order valence-corrected chi connectivity index (χ4v) is 5.88. The minimum atomic E-state index is -2.93. The van der Waals surface area contributed by atoms with Gasteiger partial charge in [0.2, 0.25) is 0 Å². The number of carbonyl (C=O) groups is 1. The van der Waals surface area contributed by atoms with Crippen molar-refractivity contribution in [1.29, 1.82) is 0 Å². The molecule has 1 atom stereocenters. The van der Waals surface area contributed by atoms with Crippen LogP contribution in [0.5, 0.6) is 0 Å². The van der Waals surface area contributed by atoms with Crippen molar-refractivity contribution in [2.24, 2.45) is 0 Å². The maximum Gasteiger partial charge on any atom is 0.178 e. The number of aromatic nitrogens is 1.